The van der Waals surface area contributed by atoms with Crippen molar-refractivity contribution in [2.45, 2.75) is 0 Å². The van der Waals surface area contributed by atoms with Crippen molar-refractivity contribution in [2.75, 3.05) is 11.1 Å². The summed E-state index contributed by atoms with van der Waals surface area (Å²) in [6.45, 7) is 0. The number of halogens is 1. The summed E-state index contributed by atoms with van der Waals surface area (Å²) in [5, 5.41) is 3.11. The molecule has 0 bridgehead atoms. The van der Waals surface area contributed by atoms with Gasteiger partial charge in [0.15, 0.2) is 0 Å². The van der Waals surface area contributed by atoms with E-state index in [-0.39, 0.29) is 0 Å². The Hall–Kier alpha value is -1.73. The molecule has 0 saturated carbocycles. The SMILES string of the molecule is Nc1cc(Br)nc(Nc2ccc3ncsc3c2)n1. The van der Waals surface area contributed by atoms with Gasteiger partial charge in [-0.2, -0.15) is 4.98 Å². The van der Waals surface area contributed by atoms with Crippen molar-refractivity contribution in [2.24, 2.45) is 0 Å². The molecule has 0 atom stereocenters. The molecule has 3 aromatic rings. The van der Waals surface area contributed by atoms with Crippen molar-refractivity contribution in [3.63, 3.8) is 0 Å². The largest absolute Gasteiger partial charge is 0.383 e. The molecule has 0 radical (unpaired) electrons. The van der Waals surface area contributed by atoms with E-state index in [1.54, 1.807) is 17.4 Å². The third-order valence-corrected chi connectivity index (χ3v) is 3.50. The number of aromatic nitrogens is 3. The third kappa shape index (κ3) is 2.27. The van der Waals surface area contributed by atoms with Gasteiger partial charge in [-0.15, -0.1) is 11.3 Å². The zero-order valence-corrected chi connectivity index (χ0v) is 11.5. The van der Waals surface area contributed by atoms with Crippen LogP contribution in [0.25, 0.3) is 10.2 Å². The van der Waals surface area contributed by atoms with Gasteiger partial charge < -0.3 is 11.1 Å². The summed E-state index contributed by atoms with van der Waals surface area (Å²) in [5.74, 6) is 0.879. The van der Waals surface area contributed by atoms with Crippen LogP contribution in [0.5, 0.6) is 0 Å². The topological polar surface area (TPSA) is 76.7 Å². The van der Waals surface area contributed by atoms with Crippen LogP contribution in [0.15, 0.2) is 34.4 Å². The van der Waals surface area contributed by atoms with Gasteiger partial charge >= 0.3 is 0 Å². The molecule has 0 aliphatic heterocycles. The van der Waals surface area contributed by atoms with E-state index in [0.29, 0.717) is 16.4 Å². The minimum atomic E-state index is 0.415. The third-order valence-electron chi connectivity index (χ3n) is 2.30. The van der Waals surface area contributed by atoms with Gasteiger partial charge in [-0.1, -0.05) is 0 Å². The molecule has 0 aliphatic carbocycles. The Kier molecular flexibility index (Phi) is 2.85. The predicted molar refractivity (Wildman–Crippen MR) is 77.0 cm³/mol. The number of nitrogens with two attached hydrogens (primary N) is 1. The average molecular weight is 322 g/mol. The summed E-state index contributed by atoms with van der Waals surface area (Å²) in [7, 11) is 0. The number of fused-ring (bicyclic) bond motifs is 1. The molecule has 3 rings (SSSR count). The van der Waals surface area contributed by atoms with E-state index in [1.807, 2.05) is 23.7 Å². The highest BCUT2D eigenvalue weighted by atomic mass is 79.9. The smallest absolute Gasteiger partial charge is 0.230 e. The summed E-state index contributed by atoms with van der Waals surface area (Å²) < 4.78 is 1.76. The Balaban J connectivity index is 1.95. The lowest BCUT2D eigenvalue weighted by Gasteiger charge is -2.05. The number of thiazole rings is 1. The van der Waals surface area contributed by atoms with E-state index in [1.165, 1.54) is 0 Å². The van der Waals surface area contributed by atoms with Crippen LogP contribution in [-0.2, 0) is 0 Å². The van der Waals surface area contributed by atoms with E-state index in [9.17, 15) is 0 Å². The van der Waals surface area contributed by atoms with E-state index in [2.05, 4.69) is 36.2 Å². The average Bonchev–Trinajstić information content (AvgIpc) is 2.74. The molecule has 0 unspecified atom stereocenters. The number of hydrogen-bond donors (Lipinski definition) is 2. The van der Waals surface area contributed by atoms with E-state index >= 15 is 0 Å². The first-order valence-corrected chi connectivity index (χ1v) is 6.78. The second-order valence-electron chi connectivity index (χ2n) is 3.60. The van der Waals surface area contributed by atoms with Gasteiger partial charge in [0.05, 0.1) is 15.7 Å². The van der Waals surface area contributed by atoms with Gasteiger partial charge in [0.25, 0.3) is 0 Å². The number of benzene rings is 1. The first kappa shape index (κ1) is 11.4. The molecule has 0 fully saturated rings. The molecule has 2 heterocycles. The van der Waals surface area contributed by atoms with E-state index in [0.717, 1.165) is 15.9 Å². The Morgan fingerprint density at radius 3 is 2.94 bits per heavy atom. The second-order valence-corrected chi connectivity index (χ2v) is 5.30. The molecule has 90 valence electrons. The van der Waals surface area contributed by atoms with Gasteiger partial charge in [-0.25, -0.2) is 9.97 Å². The number of nitrogen functional groups attached to an aromatic ring is 1. The Bertz CT molecular complexity index is 691. The zero-order chi connectivity index (χ0) is 12.5. The molecule has 0 saturated heterocycles. The number of rotatable bonds is 2. The molecule has 2 aromatic heterocycles. The second kappa shape index (κ2) is 4.51. The summed E-state index contributed by atoms with van der Waals surface area (Å²) in [6, 6.07) is 7.54. The Morgan fingerprint density at radius 1 is 1.22 bits per heavy atom. The summed E-state index contributed by atoms with van der Waals surface area (Å²) >= 11 is 4.87. The fraction of sp³-hybridized carbons (Fsp3) is 0. The highest BCUT2D eigenvalue weighted by Gasteiger charge is 2.03. The van der Waals surface area contributed by atoms with Crippen LogP contribution in [0, 0.1) is 0 Å². The van der Waals surface area contributed by atoms with Crippen molar-refractivity contribution in [3.8, 4) is 0 Å². The van der Waals surface area contributed by atoms with Crippen LogP contribution in [0.3, 0.4) is 0 Å². The molecule has 0 spiro atoms. The van der Waals surface area contributed by atoms with Gasteiger partial charge in [0.2, 0.25) is 5.95 Å². The van der Waals surface area contributed by atoms with Crippen LogP contribution in [0.1, 0.15) is 0 Å². The van der Waals surface area contributed by atoms with Crippen molar-refractivity contribution in [1.82, 2.24) is 15.0 Å². The van der Waals surface area contributed by atoms with Crippen LogP contribution >= 0.6 is 27.3 Å². The number of anilines is 3. The molecular formula is C11H8BrN5S. The molecule has 3 N–H and O–H groups in total. The maximum Gasteiger partial charge on any atom is 0.230 e. The number of nitrogens with zero attached hydrogens (tertiary/aromatic N) is 3. The fourth-order valence-corrected chi connectivity index (χ4v) is 2.67. The van der Waals surface area contributed by atoms with Crippen molar-refractivity contribution >= 4 is 54.9 Å². The van der Waals surface area contributed by atoms with Crippen molar-refractivity contribution < 1.29 is 0 Å². The Labute approximate surface area is 115 Å². The van der Waals surface area contributed by atoms with Crippen molar-refractivity contribution in [3.05, 3.63) is 34.4 Å². The summed E-state index contributed by atoms with van der Waals surface area (Å²) in [4.78, 5) is 12.5. The van der Waals surface area contributed by atoms with Crippen LogP contribution in [0.2, 0.25) is 0 Å². The molecular weight excluding hydrogens is 314 g/mol. The maximum absolute atomic E-state index is 5.66. The standard InChI is InChI=1S/C11H8BrN5S/c12-9-4-10(13)17-11(16-9)15-6-1-2-7-8(3-6)18-5-14-7/h1-5H,(H3,13,15,16,17). The fourth-order valence-electron chi connectivity index (χ4n) is 1.55. The van der Waals surface area contributed by atoms with Gasteiger partial charge in [0.1, 0.15) is 10.4 Å². The van der Waals surface area contributed by atoms with E-state index in [4.69, 9.17) is 5.73 Å². The minimum absolute atomic E-state index is 0.415. The summed E-state index contributed by atoms with van der Waals surface area (Å²) in [5.41, 5.74) is 9.37. The normalized spacial score (nSPS) is 10.7. The lowest BCUT2D eigenvalue weighted by Crippen LogP contribution is -2.00. The molecule has 1 aromatic carbocycles. The lowest BCUT2D eigenvalue weighted by atomic mass is 10.3. The van der Waals surface area contributed by atoms with Crippen LogP contribution in [-0.4, -0.2) is 15.0 Å². The zero-order valence-electron chi connectivity index (χ0n) is 9.09. The summed E-state index contributed by atoms with van der Waals surface area (Å²) in [6.07, 6.45) is 0. The first-order valence-electron chi connectivity index (χ1n) is 5.11. The van der Waals surface area contributed by atoms with Gasteiger partial charge in [-0.05, 0) is 34.1 Å². The van der Waals surface area contributed by atoms with Crippen LogP contribution < -0.4 is 11.1 Å². The molecule has 7 heteroatoms. The monoisotopic (exact) mass is 321 g/mol. The van der Waals surface area contributed by atoms with Crippen LogP contribution in [0.4, 0.5) is 17.5 Å². The Morgan fingerprint density at radius 2 is 2.11 bits per heavy atom. The van der Waals surface area contributed by atoms with Gasteiger partial charge in [-0.3, -0.25) is 0 Å². The highest BCUT2D eigenvalue weighted by molar-refractivity contribution is 9.10. The van der Waals surface area contributed by atoms with Crippen molar-refractivity contribution in [1.29, 1.82) is 0 Å². The molecule has 0 amide bonds. The quantitative estimate of drug-likeness (QED) is 0.709. The molecule has 18 heavy (non-hydrogen) atoms. The first-order chi connectivity index (χ1) is 8.70. The number of hydrogen-bond acceptors (Lipinski definition) is 6. The molecule has 5 nitrogen and oxygen atoms in total. The van der Waals surface area contributed by atoms with Gasteiger partial charge in [0, 0.05) is 11.8 Å². The highest BCUT2D eigenvalue weighted by Crippen LogP contribution is 2.24. The predicted octanol–water partition coefficient (Wildman–Crippen LogP) is 3.17. The van der Waals surface area contributed by atoms with E-state index < -0.39 is 0 Å². The minimum Gasteiger partial charge on any atom is -0.383 e. The number of nitrogens with one attached hydrogen (secondary N) is 1. The lowest BCUT2D eigenvalue weighted by molar-refractivity contribution is 1.15. The maximum atomic E-state index is 5.66. The molecule has 0 aliphatic rings.